The lowest BCUT2D eigenvalue weighted by Gasteiger charge is -2.35. The van der Waals surface area contributed by atoms with Gasteiger partial charge in [0.15, 0.2) is 0 Å². The lowest BCUT2D eigenvalue weighted by molar-refractivity contribution is 0.0137. The molecule has 2 heterocycles. The highest BCUT2D eigenvalue weighted by Gasteiger charge is 2.23. The molecular formula is C18H23N3O3. The summed E-state index contributed by atoms with van der Waals surface area (Å²) < 4.78 is 5.37. The van der Waals surface area contributed by atoms with Crippen LogP contribution in [-0.2, 0) is 4.74 Å². The lowest BCUT2D eigenvalue weighted by Crippen LogP contribution is -2.52. The second-order valence-corrected chi connectivity index (χ2v) is 6.25. The van der Waals surface area contributed by atoms with Gasteiger partial charge >= 0.3 is 0 Å². The van der Waals surface area contributed by atoms with Gasteiger partial charge in [0.2, 0.25) is 0 Å². The molecular weight excluding hydrogens is 306 g/mol. The van der Waals surface area contributed by atoms with Crippen molar-refractivity contribution < 1.29 is 9.53 Å². The molecule has 2 unspecified atom stereocenters. The number of amides is 1. The van der Waals surface area contributed by atoms with Crippen LogP contribution in [0.5, 0.6) is 0 Å². The molecule has 2 atom stereocenters. The van der Waals surface area contributed by atoms with Crippen LogP contribution < -0.4 is 10.9 Å². The predicted octanol–water partition coefficient (Wildman–Crippen LogP) is 1.37. The molecule has 0 saturated carbocycles. The molecule has 1 aliphatic rings. The molecule has 24 heavy (non-hydrogen) atoms. The van der Waals surface area contributed by atoms with E-state index in [2.05, 4.69) is 22.1 Å². The van der Waals surface area contributed by atoms with Crippen molar-refractivity contribution in [3.8, 4) is 0 Å². The number of pyridine rings is 1. The standard InChI is InChI=1S/C18H23N3O3/c1-12(13(2)21-7-9-24-10-8-21)19-18(23)16-11-14-5-3-4-6-15(14)17(22)20-16/h3-6,11-13H,7-10H2,1-2H3,(H,19,23)(H,20,22). The molecule has 1 aliphatic heterocycles. The molecule has 0 radical (unpaired) electrons. The summed E-state index contributed by atoms with van der Waals surface area (Å²) in [6.45, 7) is 7.27. The quantitative estimate of drug-likeness (QED) is 0.888. The van der Waals surface area contributed by atoms with Crippen LogP contribution in [0.4, 0.5) is 0 Å². The Bertz CT molecular complexity index is 780. The topological polar surface area (TPSA) is 74.4 Å². The largest absolute Gasteiger partial charge is 0.379 e. The maximum atomic E-state index is 12.5. The van der Waals surface area contributed by atoms with Gasteiger partial charge in [0.1, 0.15) is 5.69 Å². The fourth-order valence-electron chi connectivity index (χ4n) is 3.04. The van der Waals surface area contributed by atoms with Gasteiger partial charge < -0.3 is 15.0 Å². The highest BCUT2D eigenvalue weighted by atomic mass is 16.5. The molecule has 6 heteroatoms. The number of nitrogens with one attached hydrogen (secondary N) is 2. The maximum absolute atomic E-state index is 12.5. The molecule has 0 aliphatic carbocycles. The maximum Gasteiger partial charge on any atom is 0.268 e. The van der Waals surface area contributed by atoms with Crippen LogP contribution in [0, 0.1) is 0 Å². The van der Waals surface area contributed by atoms with Crippen molar-refractivity contribution >= 4 is 16.7 Å². The third-order valence-electron chi connectivity index (χ3n) is 4.70. The number of aromatic amines is 1. The first kappa shape index (κ1) is 16.7. The Morgan fingerprint density at radius 1 is 1.25 bits per heavy atom. The SMILES string of the molecule is CC(NC(=O)c1cc2ccccc2c(=O)[nH]1)C(C)N1CCOCC1. The summed E-state index contributed by atoms with van der Waals surface area (Å²) in [6.07, 6.45) is 0. The van der Waals surface area contributed by atoms with Gasteiger partial charge in [-0.15, -0.1) is 0 Å². The highest BCUT2D eigenvalue weighted by Crippen LogP contribution is 2.11. The van der Waals surface area contributed by atoms with Crippen LogP contribution in [0.15, 0.2) is 35.1 Å². The van der Waals surface area contributed by atoms with Crippen molar-refractivity contribution in [2.45, 2.75) is 25.9 Å². The van der Waals surface area contributed by atoms with Crippen molar-refractivity contribution in [3.63, 3.8) is 0 Å². The molecule has 1 amide bonds. The summed E-state index contributed by atoms with van der Waals surface area (Å²) in [4.78, 5) is 29.6. The molecule has 2 N–H and O–H groups in total. The first-order valence-corrected chi connectivity index (χ1v) is 8.31. The number of hydrogen-bond donors (Lipinski definition) is 2. The van der Waals surface area contributed by atoms with Crippen LogP contribution >= 0.6 is 0 Å². The Morgan fingerprint density at radius 3 is 2.71 bits per heavy atom. The van der Waals surface area contributed by atoms with Crippen molar-refractivity contribution in [2.24, 2.45) is 0 Å². The van der Waals surface area contributed by atoms with Gasteiger partial charge in [0, 0.05) is 30.6 Å². The first-order chi connectivity index (χ1) is 11.6. The van der Waals surface area contributed by atoms with Gasteiger partial charge in [0.25, 0.3) is 11.5 Å². The van der Waals surface area contributed by atoms with E-state index in [1.165, 1.54) is 0 Å². The van der Waals surface area contributed by atoms with Crippen LogP contribution in [0.2, 0.25) is 0 Å². The van der Waals surface area contributed by atoms with Gasteiger partial charge in [-0.1, -0.05) is 18.2 Å². The van der Waals surface area contributed by atoms with E-state index < -0.39 is 0 Å². The van der Waals surface area contributed by atoms with Crippen molar-refractivity contribution in [3.05, 3.63) is 46.4 Å². The van der Waals surface area contributed by atoms with Crippen molar-refractivity contribution in [1.29, 1.82) is 0 Å². The average molecular weight is 329 g/mol. The molecule has 2 aromatic rings. The van der Waals surface area contributed by atoms with Crippen LogP contribution in [0.3, 0.4) is 0 Å². The lowest BCUT2D eigenvalue weighted by atomic mass is 10.1. The number of rotatable bonds is 4. The Kier molecular flexibility index (Phi) is 4.97. The number of nitrogens with zero attached hydrogens (tertiary/aromatic N) is 1. The minimum Gasteiger partial charge on any atom is -0.379 e. The zero-order valence-corrected chi connectivity index (χ0v) is 14.0. The van der Waals surface area contributed by atoms with Crippen LogP contribution in [0.25, 0.3) is 10.8 Å². The fraction of sp³-hybridized carbons (Fsp3) is 0.444. The molecule has 6 nitrogen and oxygen atoms in total. The molecule has 1 saturated heterocycles. The van der Waals surface area contributed by atoms with Gasteiger partial charge in [-0.25, -0.2) is 0 Å². The Morgan fingerprint density at radius 2 is 1.96 bits per heavy atom. The summed E-state index contributed by atoms with van der Waals surface area (Å²) in [7, 11) is 0. The summed E-state index contributed by atoms with van der Waals surface area (Å²) in [6, 6.07) is 9.13. The van der Waals surface area contributed by atoms with E-state index in [4.69, 9.17) is 4.74 Å². The normalized spacial score (nSPS) is 18.2. The Labute approximate surface area is 140 Å². The number of morpholine rings is 1. The van der Waals surface area contributed by atoms with Gasteiger partial charge in [-0.3, -0.25) is 14.5 Å². The Balaban J connectivity index is 1.73. The zero-order valence-electron chi connectivity index (χ0n) is 14.0. The molecule has 1 fully saturated rings. The minimum absolute atomic E-state index is 0.0365. The number of H-pyrrole nitrogens is 1. The number of carbonyl (C=O) groups is 1. The average Bonchev–Trinajstić information content (AvgIpc) is 2.61. The van der Waals surface area contributed by atoms with E-state index in [9.17, 15) is 9.59 Å². The monoisotopic (exact) mass is 329 g/mol. The summed E-state index contributed by atoms with van der Waals surface area (Å²) >= 11 is 0. The molecule has 1 aromatic carbocycles. The Hall–Kier alpha value is -2.18. The molecule has 0 spiro atoms. The van der Waals surface area contributed by atoms with E-state index in [1.54, 1.807) is 12.1 Å². The van der Waals surface area contributed by atoms with E-state index in [-0.39, 0.29) is 23.6 Å². The smallest absolute Gasteiger partial charge is 0.268 e. The van der Waals surface area contributed by atoms with Gasteiger partial charge in [0.05, 0.1) is 13.2 Å². The first-order valence-electron chi connectivity index (χ1n) is 8.31. The number of aromatic nitrogens is 1. The van der Waals surface area contributed by atoms with E-state index in [1.807, 2.05) is 25.1 Å². The third-order valence-corrected chi connectivity index (χ3v) is 4.70. The predicted molar refractivity (Wildman–Crippen MR) is 93.4 cm³/mol. The molecule has 128 valence electrons. The molecule has 1 aromatic heterocycles. The van der Waals surface area contributed by atoms with E-state index in [0.29, 0.717) is 11.1 Å². The van der Waals surface area contributed by atoms with E-state index in [0.717, 1.165) is 31.7 Å². The summed E-state index contributed by atoms with van der Waals surface area (Å²) in [5.41, 5.74) is 0.0480. The highest BCUT2D eigenvalue weighted by molar-refractivity contribution is 5.96. The van der Waals surface area contributed by atoms with E-state index >= 15 is 0 Å². The second kappa shape index (κ2) is 7.15. The number of hydrogen-bond acceptors (Lipinski definition) is 4. The number of carbonyl (C=O) groups excluding carboxylic acids is 1. The third kappa shape index (κ3) is 3.49. The van der Waals surface area contributed by atoms with Crippen LogP contribution in [-0.4, -0.2) is 54.2 Å². The summed E-state index contributed by atoms with van der Waals surface area (Å²) in [5, 5.41) is 4.34. The number of fused-ring (bicyclic) bond motifs is 1. The number of ether oxygens (including phenoxy) is 1. The van der Waals surface area contributed by atoms with Crippen molar-refractivity contribution in [1.82, 2.24) is 15.2 Å². The van der Waals surface area contributed by atoms with Gasteiger partial charge in [-0.2, -0.15) is 0 Å². The zero-order chi connectivity index (χ0) is 17.1. The fourth-order valence-corrected chi connectivity index (χ4v) is 3.04. The number of benzene rings is 1. The summed E-state index contributed by atoms with van der Waals surface area (Å²) in [5.74, 6) is -0.259. The van der Waals surface area contributed by atoms with Gasteiger partial charge in [-0.05, 0) is 31.4 Å². The minimum atomic E-state index is -0.259. The van der Waals surface area contributed by atoms with Crippen molar-refractivity contribution in [2.75, 3.05) is 26.3 Å². The van der Waals surface area contributed by atoms with Crippen LogP contribution in [0.1, 0.15) is 24.3 Å². The second-order valence-electron chi connectivity index (χ2n) is 6.25. The molecule has 3 rings (SSSR count). The molecule has 0 bridgehead atoms.